The van der Waals surface area contributed by atoms with Gasteiger partial charge in [-0.25, -0.2) is 9.59 Å². The molecule has 0 saturated heterocycles. The van der Waals surface area contributed by atoms with Gasteiger partial charge in [-0.05, 0) is 6.92 Å². The first kappa shape index (κ1) is 11.2. The van der Waals surface area contributed by atoms with E-state index < -0.39 is 11.7 Å². The van der Waals surface area contributed by atoms with Crippen LogP contribution in [-0.2, 0) is 4.74 Å². The first-order chi connectivity index (χ1) is 8.11. The van der Waals surface area contributed by atoms with Gasteiger partial charge in [-0.1, -0.05) is 29.8 Å². The molecular formula is C12H12N2O3. The van der Waals surface area contributed by atoms with Crippen LogP contribution in [0.5, 0.6) is 0 Å². The van der Waals surface area contributed by atoms with Gasteiger partial charge in [0, 0.05) is 5.56 Å². The Morgan fingerprint density at radius 1 is 1.18 bits per heavy atom. The number of nitrogens with one attached hydrogen (secondary N) is 2. The molecule has 2 aromatic rings. The summed E-state index contributed by atoms with van der Waals surface area (Å²) >= 11 is 0. The highest BCUT2D eigenvalue weighted by Crippen LogP contribution is 2.19. The van der Waals surface area contributed by atoms with Crippen LogP contribution in [0.1, 0.15) is 16.1 Å². The minimum Gasteiger partial charge on any atom is -0.464 e. The Hall–Kier alpha value is -2.30. The second-order valence-electron chi connectivity index (χ2n) is 3.69. The molecule has 1 heterocycles. The predicted octanol–water partition coefficient (Wildman–Crippen LogP) is 1.47. The number of aromatic nitrogens is 2. The fourth-order valence-corrected chi connectivity index (χ4v) is 1.58. The minimum absolute atomic E-state index is 0.140. The number of aromatic amines is 2. The number of carbonyl (C=O) groups excluding carboxylic acids is 1. The van der Waals surface area contributed by atoms with Crippen molar-refractivity contribution in [3.63, 3.8) is 0 Å². The molecule has 0 amide bonds. The van der Waals surface area contributed by atoms with Crippen LogP contribution in [0.25, 0.3) is 11.3 Å². The van der Waals surface area contributed by atoms with Gasteiger partial charge in [0.1, 0.15) is 0 Å². The van der Waals surface area contributed by atoms with Crippen LogP contribution in [0.3, 0.4) is 0 Å². The zero-order valence-electron chi connectivity index (χ0n) is 9.53. The van der Waals surface area contributed by atoms with Crippen molar-refractivity contribution in [3.05, 3.63) is 46.0 Å². The lowest BCUT2D eigenvalue weighted by Crippen LogP contribution is -2.06. The number of carbonyl (C=O) groups is 1. The van der Waals surface area contributed by atoms with Gasteiger partial charge in [-0.15, -0.1) is 0 Å². The first-order valence-corrected chi connectivity index (χ1v) is 5.09. The molecule has 88 valence electrons. The van der Waals surface area contributed by atoms with Crippen molar-refractivity contribution >= 4 is 5.97 Å². The van der Waals surface area contributed by atoms with Gasteiger partial charge in [-0.2, -0.15) is 0 Å². The highest BCUT2D eigenvalue weighted by molar-refractivity contribution is 5.94. The maximum atomic E-state index is 11.5. The number of imidazole rings is 1. The third kappa shape index (κ3) is 2.13. The molecule has 0 unspecified atom stereocenters. The summed E-state index contributed by atoms with van der Waals surface area (Å²) in [5, 5.41) is 0. The summed E-state index contributed by atoms with van der Waals surface area (Å²) in [5.41, 5.74) is 2.02. The summed E-state index contributed by atoms with van der Waals surface area (Å²) in [6.07, 6.45) is 0. The lowest BCUT2D eigenvalue weighted by molar-refractivity contribution is 0.0595. The van der Waals surface area contributed by atoms with Crippen LogP contribution in [-0.4, -0.2) is 23.0 Å². The number of esters is 1. The number of benzene rings is 1. The Kier molecular flexibility index (Phi) is 2.82. The van der Waals surface area contributed by atoms with Crippen LogP contribution < -0.4 is 5.69 Å². The molecule has 17 heavy (non-hydrogen) atoms. The van der Waals surface area contributed by atoms with E-state index in [1.807, 2.05) is 31.2 Å². The monoisotopic (exact) mass is 232 g/mol. The van der Waals surface area contributed by atoms with E-state index in [4.69, 9.17) is 0 Å². The number of hydrogen-bond acceptors (Lipinski definition) is 3. The molecule has 5 heteroatoms. The van der Waals surface area contributed by atoms with Crippen molar-refractivity contribution in [3.8, 4) is 11.3 Å². The van der Waals surface area contributed by atoms with Gasteiger partial charge < -0.3 is 9.72 Å². The molecule has 2 N–H and O–H groups in total. The van der Waals surface area contributed by atoms with Crippen molar-refractivity contribution in [2.75, 3.05) is 7.11 Å². The fraction of sp³-hybridized carbons (Fsp3) is 0.167. The molecular weight excluding hydrogens is 220 g/mol. The van der Waals surface area contributed by atoms with Crippen molar-refractivity contribution in [2.24, 2.45) is 0 Å². The van der Waals surface area contributed by atoms with Gasteiger partial charge in [0.15, 0.2) is 5.69 Å². The van der Waals surface area contributed by atoms with E-state index >= 15 is 0 Å². The van der Waals surface area contributed by atoms with Gasteiger partial charge in [0.2, 0.25) is 0 Å². The summed E-state index contributed by atoms with van der Waals surface area (Å²) in [6, 6.07) is 7.48. The second kappa shape index (κ2) is 4.29. The maximum absolute atomic E-state index is 11.5. The van der Waals surface area contributed by atoms with Crippen molar-refractivity contribution in [2.45, 2.75) is 6.92 Å². The van der Waals surface area contributed by atoms with Crippen LogP contribution in [0.15, 0.2) is 29.1 Å². The largest absolute Gasteiger partial charge is 0.464 e. The number of aryl methyl sites for hydroxylation is 1. The summed E-state index contributed by atoms with van der Waals surface area (Å²) in [6.45, 7) is 1.96. The Morgan fingerprint density at radius 2 is 1.82 bits per heavy atom. The quantitative estimate of drug-likeness (QED) is 0.770. The highest BCUT2D eigenvalue weighted by Gasteiger charge is 2.16. The lowest BCUT2D eigenvalue weighted by Gasteiger charge is -2.02. The SMILES string of the molecule is COC(=O)c1[nH]c(=O)[nH]c1-c1ccc(C)cc1. The van der Waals surface area contributed by atoms with Crippen LogP contribution >= 0.6 is 0 Å². The number of rotatable bonds is 2. The third-order valence-electron chi connectivity index (χ3n) is 2.46. The Morgan fingerprint density at radius 3 is 2.41 bits per heavy atom. The molecule has 0 radical (unpaired) electrons. The molecule has 0 bridgehead atoms. The van der Waals surface area contributed by atoms with E-state index in [-0.39, 0.29) is 5.69 Å². The standard InChI is InChI=1S/C12H12N2O3/c1-7-3-5-8(6-4-7)9-10(11(15)17-2)14-12(16)13-9/h3-6H,1-2H3,(H2,13,14,16). The number of hydrogen-bond donors (Lipinski definition) is 2. The van der Waals surface area contributed by atoms with Crippen molar-refractivity contribution in [1.29, 1.82) is 0 Å². The molecule has 0 aliphatic heterocycles. The van der Waals surface area contributed by atoms with E-state index in [2.05, 4.69) is 14.7 Å². The van der Waals surface area contributed by atoms with Gasteiger partial charge in [-0.3, -0.25) is 4.98 Å². The molecule has 0 aliphatic rings. The average Bonchev–Trinajstić information content (AvgIpc) is 2.71. The summed E-state index contributed by atoms with van der Waals surface area (Å²) in [7, 11) is 1.27. The van der Waals surface area contributed by atoms with E-state index in [0.29, 0.717) is 5.69 Å². The molecule has 1 aromatic carbocycles. The Balaban J connectivity index is 2.55. The molecule has 2 rings (SSSR count). The van der Waals surface area contributed by atoms with Crippen molar-refractivity contribution < 1.29 is 9.53 Å². The van der Waals surface area contributed by atoms with E-state index in [1.54, 1.807) is 0 Å². The number of ether oxygens (including phenoxy) is 1. The lowest BCUT2D eigenvalue weighted by atomic mass is 10.1. The minimum atomic E-state index is -0.570. The normalized spacial score (nSPS) is 10.2. The van der Waals surface area contributed by atoms with E-state index in [0.717, 1.165) is 11.1 Å². The molecule has 5 nitrogen and oxygen atoms in total. The number of H-pyrrole nitrogens is 2. The maximum Gasteiger partial charge on any atom is 0.356 e. The smallest absolute Gasteiger partial charge is 0.356 e. The molecule has 0 fully saturated rings. The van der Waals surface area contributed by atoms with Crippen LogP contribution in [0.2, 0.25) is 0 Å². The number of methoxy groups -OCH3 is 1. The average molecular weight is 232 g/mol. The van der Waals surface area contributed by atoms with Crippen LogP contribution in [0.4, 0.5) is 0 Å². The zero-order chi connectivity index (χ0) is 12.4. The molecule has 0 saturated carbocycles. The topological polar surface area (TPSA) is 75.0 Å². The summed E-state index contributed by atoms with van der Waals surface area (Å²) in [4.78, 5) is 27.7. The molecule has 1 aromatic heterocycles. The Labute approximate surface area is 97.4 Å². The second-order valence-corrected chi connectivity index (χ2v) is 3.69. The van der Waals surface area contributed by atoms with Gasteiger partial charge in [0.05, 0.1) is 12.8 Å². The zero-order valence-corrected chi connectivity index (χ0v) is 9.53. The van der Waals surface area contributed by atoms with E-state index in [1.165, 1.54) is 7.11 Å². The summed E-state index contributed by atoms with van der Waals surface area (Å²) < 4.78 is 4.61. The molecule has 0 aliphatic carbocycles. The highest BCUT2D eigenvalue weighted by atomic mass is 16.5. The van der Waals surface area contributed by atoms with E-state index in [9.17, 15) is 9.59 Å². The van der Waals surface area contributed by atoms with Gasteiger partial charge in [0.25, 0.3) is 0 Å². The van der Waals surface area contributed by atoms with Crippen LogP contribution in [0, 0.1) is 6.92 Å². The first-order valence-electron chi connectivity index (χ1n) is 5.09. The molecule has 0 atom stereocenters. The van der Waals surface area contributed by atoms with Gasteiger partial charge >= 0.3 is 11.7 Å². The summed E-state index contributed by atoms with van der Waals surface area (Å²) in [5.74, 6) is -0.570. The van der Waals surface area contributed by atoms with Crippen molar-refractivity contribution in [1.82, 2.24) is 9.97 Å². The Bertz CT molecular complexity index is 593. The fourth-order valence-electron chi connectivity index (χ4n) is 1.58. The molecule has 0 spiro atoms. The third-order valence-corrected chi connectivity index (χ3v) is 2.46. The predicted molar refractivity (Wildman–Crippen MR) is 62.9 cm³/mol.